The molecule has 1 unspecified atom stereocenters. The minimum absolute atomic E-state index is 0.0546. The molecule has 0 saturated carbocycles. The van der Waals surface area contributed by atoms with Gasteiger partial charge in [-0.05, 0) is 0 Å². The van der Waals surface area contributed by atoms with Crippen molar-refractivity contribution >= 4 is 5.91 Å². The van der Waals surface area contributed by atoms with Crippen molar-refractivity contribution in [3.8, 4) is 5.75 Å². The quantitative estimate of drug-likeness (QED) is 0.778. The van der Waals surface area contributed by atoms with Crippen LogP contribution in [0.3, 0.4) is 0 Å². The zero-order chi connectivity index (χ0) is 13.7. The van der Waals surface area contributed by atoms with Gasteiger partial charge in [0.2, 0.25) is 5.91 Å². The fourth-order valence-corrected chi connectivity index (χ4v) is 1.40. The number of hydrogen-bond donors (Lipinski definition) is 2. The van der Waals surface area contributed by atoms with E-state index in [9.17, 15) is 13.6 Å². The number of methoxy groups -OCH3 is 1. The van der Waals surface area contributed by atoms with Gasteiger partial charge < -0.3 is 20.9 Å². The van der Waals surface area contributed by atoms with Crippen LogP contribution in [-0.4, -0.2) is 26.2 Å². The number of carbonyl (C=O) groups excluding carboxylic acids is 1. The molecule has 0 spiro atoms. The van der Waals surface area contributed by atoms with Gasteiger partial charge in [-0.2, -0.15) is 0 Å². The van der Waals surface area contributed by atoms with E-state index in [1.54, 1.807) is 0 Å². The second kappa shape index (κ2) is 6.27. The molecule has 1 atom stereocenters. The Morgan fingerprint density at radius 1 is 1.39 bits per heavy atom. The predicted octanol–water partition coefficient (Wildman–Crippen LogP) is 0.475. The molecule has 1 rings (SSSR count). The van der Waals surface area contributed by atoms with Crippen molar-refractivity contribution in [2.24, 2.45) is 11.5 Å². The zero-order valence-electron chi connectivity index (χ0n) is 9.78. The first-order valence-corrected chi connectivity index (χ1v) is 5.10. The van der Waals surface area contributed by atoms with Gasteiger partial charge in [0.1, 0.15) is 24.0 Å². The molecule has 0 heterocycles. The minimum Gasteiger partial charge on any atom is -0.497 e. The SMILES string of the molecule is COc1cc(F)c(C(N)COCC(N)=O)c(F)c1. The largest absolute Gasteiger partial charge is 0.497 e. The molecule has 0 saturated heterocycles. The molecule has 4 N–H and O–H groups in total. The third-order valence-electron chi connectivity index (χ3n) is 2.20. The van der Waals surface area contributed by atoms with Crippen molar-refractivity contribution in [2.45, 2.75) is 6.04 Å². The standard InChI is InChI=1S/C11H14F2N2O3/c1-17-6-2-7(12)11(8(13)3-6)9(14)4-18-5-10(15)16/h2-3,9H,4-5,14H2,1H3,(H2,15,16). The fourth-order valence-electron chi connectivity index (χ4n) is 1.40. The highest BCUT2D eigenvalue weighted by Crippen LogP contribution is 2.24. The Kier molecular flexibility index (Phi) is 4.99. The third kappa shape index (κ3) is 3.64. The average molecular weight is 260 g/mol. The van der Waals surface area contributed by atoms with E-state index in [0.29, 0.717) is 0 Å². The fraction of sp³-hybridized carbons (Fsp3) is 0.364. The molecule has 0 fully saturated rings. The number of benzene rings is 1. The maximum Gasteiger partial charge on any atom is 0.243 e. The summed E-state index contributed by atoms with van der Waals surface area (Å²) in [4.78, 5) is 10.4. The summed E-state index contributed by atoms with van der Waals surface area (Å²) >= 11 is 0. The normalized spacial score (nSPS) is 12.2. The Morgan fingerprint density at radius 2 is 1.94 bits per heavy atom. The van der Waals surface area contributed by atoms with Crippen molar-refractivity contribution in [2.75, 3.05) is 20.3 Å². The van der Waals surface area contributed by atoms with E-state index in [4.69, 9.17) is 20.9 Å². The molecule has 7 heteroatoms. The van der Waals surface area contributed by atoms with Crippen molar-refractivity contribution in [3.63, 3.8) is 0 Å². The molecule has 1 amide bonds. The number of ether oxygens (including phenoxy) is 2. The summed E-state index contributed by atoms with van der Waals surface area (Å²) in [6, 6.07) is 1.01. The molecule has 5 nitrogen and oxygen atoms in total. The third-order valence-corrected chi connectivity index (χ3v) is 2.20. The number of nitrogens with two attached hydrogens (primary N) is 2. The summed E-state index contributed by atoms with van der Waals surface area (Å²) in [5, 5.41) is 0. The van der Waals surface area contributed by atoms with Gasteiger partial charge in [-0.15, -0.1) is 0 Å². The van der Waals surface area contributed by atoms with Gasteiger partial charge in [-0.1, -0.05) is 0 Å². The van der Waals surface area contributed by atoms with Crippen molar-refractivity contribution in [1.82, 2.24) is 0 Å². The molecule has 0 aliphatic carbocycles. The van der Waals surface area contributed by atoms with Gasteiger partial charge >= 0.3 is 0 Å². The molecular weight excluding hydrogens is 246 g/mol. The molecule has 0 aliphatic heterocycles. The Bertz CT molecular complexity index is 417. The second-order valence-corrected chi connectivity index (χ2v) is 3.59. The molecule has 0 aromatic heterocycles. The molecule has 1 aromatic carbocycles. The van der Waals surface area contributed by atoms with Crippen molar-refractivity contribution in [3.05, 3.63) is 29.3 Å². The van der Waals surface area contributed by atoms with E-state index >= 15 is 0 Å². The van der Waals surface area contributed by atoms with E-state index in [-0.39, 0.29) is 24.5 Å². The molecule has 0 radical (unpaired) electrons. The van der Waals surface area contributed by atoms with Crippen LogP contribution in [0.15, 0.2) is 12.1 Å². The lowest BCUT2D eigenvalue weighted by molar-refractivity contribution is -0.122. The topological polar surface area (TPSA) is 87.6 Å². The number of primary amides is 1. The number of carbonyl (C=O) groups is 1. The highest BCUT2D eigenvalue weighted by atomic mass is 19.1. The lowest BCUT2D eigenvalue weighted by atomic mass is 10.1. The first kappa shape index (κ1) is 14.3. The monoisotopic (exact) mass is 260 g/mol. The summed E-state index contributed by atoms with van der Waals surface area (Å²) in [7, 11) is 1.30. The molecule has 100 valence electrons. The maximum atomic E-state index is 13.6. The Balaban J connectivity index is 2.79. The lowest BCUT2D eigenvalue weighted by Crippen LogP contribution is -2.24. The molecular formula is C11H14F2N2O3. The second-order valence-electron chi connectivity index (χ2n) is 3.59. The van der Waals surface area contributed by atoms with Crippen molar-refractivity contribution in [1.29, 1.82) is 0 Å². The molecule has 0 aliphatic rings. The summed E-state index contributed by atoms with van der Waals surface area (Å²) in [5.74, 6) is -2.29. The number of amides is 1. The van der Waals surface area contributed by atoms with Gasteiger partial charge in [-0.3, -0.25) is 4.79 Å². The summed E-state index contributed by atoms with van der Waals surface area (Å²) in [6.45, 7) is -0.573. The highest BCUT2D eigenvalue weighted by molar-refractivity contribution is 5.74. The van der Waals surface area contributed by atoms with Crippen molar-refractivity contribution < 1.29 is 23.0 Å². The van der Waals surface area contributed by atoms with Crippen LogP contribution in [-0.2, 0) is 9.53 Å². The van der Waals surface area contributed by atoms with E-state index in [1.165, 1.54) is 7.11 Å². The van der Waals surface area contributed by atoms with E-state index in [2.05, 4.69) is 0 Å². The van der Waals surface area contributed by atoms with Crippen LogP contribution in [0.4, 0.5) is 8.78 Å². The molecule has 1 aromatic rings. The van der Waals surface area contributed by atoms with Crippen LogP contribution >= 0.6 is 0 Å². The summed E-state index contributed by atoms with van der Waals surface area (Å²) in [6.07, 6.45) is 0. The molecule has 0 bridgehead atoms. The maximum absolute atomic E-state index is 13.6. The predicted molar refractivity (Wildman–Crippen MR) is 59.9 cm³/mol. The summed E-state index contributed by atoms with van der Waals surface area (Å²) in [5.41, 5.74) is 10.1. The van der Waals surface area contributed by atoms with Gasteiger partial charge in [0.25, 0.3) is 0 Å². The van der Waals surface area contributed by atoms with Crippen LogP contribution in [0, 0.1) is 11.6 Å². The van der Waals surface area contributed by atoms with Crippen LogP contribution in [0.2, 0.25) is 0 Å². The van der Waals surface area contributed by atoms with E-state index in [0.717, 1.165) is 12.1 Å². The van der Waals surface area contributed by atoms with E-state index < -0.39 is 23.6 Å². The van der Waals surface area contributed by atoms with Gasteiger partial charge in [-0.25, -0.2) is 8.78 Å². The van der Waals surface area contributed by atoms with E-state index in [1.807, 2.05) is 0 Å². The van der Waals surface area contributed by atoms with Crippen LogP contribution in [0.25, 0.3) is 0 Å². The number of rotatable bonds is 6. The highest BCUT2D eigenvalue weighted by Gasteiger charge is 2.18. The lowest BCUT2D eigenvalue weighted by Gasteiger charge is -2.14. The van der Waals surface area contributed by atoms with Crippen LogP contribution < -0.4 is 16.2 Å². The van der Waals surface area contributed by atoms with Crippen LogP contribution in [0.5, 0.6) is 5.75 Å². The zero-order valence-corrected chi connectivity index (χ0v) is 9.78. The number of halogens is 2. The first-order chi connectivity index (χ1) is 8.45. The van der Waals surface area contributed by atoms with Crippen LogP contribution in [0.1, 0.15) is 11.6 Å². The molecule has 18 heavy (non-hydrogen) atoms. The number of hydrogen-bond acceptors (Lipinski definition) is 4. The first-order valence-electron chi connectivity index (χ1n) is 5.10. The minimum atomic E-state index is -1.03. The van der Waals surface area contributed by atoms with Gasteiger partial charge in [0.15, 0.2) is 0 Å². The average Bonchev–Trinajstić information content (AvgIpc) is 2.27. The van der Waals surface area contributed by atoms with Gasteiger partial charge in [0.05, 0.1) is 19.8 Å². The Labute approximate surface area is 103 Å². The summed E-state index contributed by atoms with van der Waals surface area (Å²) < 4.78 is 36.7. The van der Waals surface area contributed by atoms with Gasteiger partial charge in [0, 0.05) is 17.7 Å². The smallest absolute Gasteiger partial charge is 0.243 e. The Morgan fingerprint density at radius 3 is 2.39 bits per heavy atom. The Hall–Kier alpha value is -1.73.